The average Bonchev–Trinajstić information content (AvgIpc) is 3.01. The number of benzene rings is 1. The maximum Gasteiger partial charge on any atom is 0.251 e. The molecule has 0 spiro atoms. The van der Waals surface area contributed by atoms with Gasteiger partial charge in [-0.15, -0.1) is 0 Å². The highest BCUT2D eigenvalue weighted by Crippen LogP contribution is 2.19. The summed E-state index contributed by atoms with van der Waals surface area (Å²) in [5, 5.41) is 11.7. The molecule has 1 fully saturated rings. The van der Waals surface area contributed by atoms with E-state index in [1.54, 1.807) is 29.3 Å². The number of carbonyl (C=O) groups is 2. The summed E-state index contributed by atoms with van der Waals surface area (Å²) >= 11 is 0. The Hall–Kier alpha value is -3.20. The first-order valence-corrected chi connectivity index (χ1v) is 8.66. The van der Waals surface area contributed by atoms with E-state index >= 15 is 0 Å². The van der Waals surface area contributed by atoms with Crippen molar-refractivity contribution in [1.29, 1.82) is 5.26 Å². The molecular weight excluding hydrogens is 328 g/mol. The SMILES string of the molecule is CCCN1C[C@@H](NC(=O)c2ccc(-c3ccc(C#N)nc3)cc2)CC1=O. The highest BCUT2D eigenvalue weighted by Gasteiger charge is 2.29. The minimum atomic E-state index is -0.175. The van der Waals surface area contributed by atoms with Crippen LogP contribution in [0.5, 0.6) is 0 Å². The molecule has 26 heavy (non-hydrogen) atoms. The van der Waals surface area contributed by atoms with Crippen molar-refractivity contribution in [3.8, 4) is 17.2 Å². The Morgan fingerprint density at radius 1 is 1.27 bits per heavy atom. The van der Waals surface area contributed by atoms with E-state index < -0.39 is 0 Å². The lowest BCUT2D eigenvalue weighted by atomic mass is 10.0. The maximum atomic E-state index is 12.4. The quantitative estimate of drug-likeness (QED) is 0.899. The van der Waals surface area contributed by atoms with E-state index in [-0.39, 0.29) is 17.9 Å². The summed E-state index contributed by atoms with van der Waals surface area (Å²) in [4.78, 5) is 30.2. The Balaban J connectivity index is 1.64. The number of carbonyl (C=O) groups excluding carboxylic acids is 2. The van der Waals surface area contributed by atoms with Crippen LogP contribution < -0.4 is 5.32 Å². The zero-order chi connectivity index (χ0) is 18.5. The van der Waals surface area contributed by atoms with Gasteiger partial charge in [0.1, 0.15) is 11.8 Å². The van der Waals surface area contributed by atoms with Gasteiger partial charge in [-0.25, -0.2) is 4.98 Å². The van der Waals surface area contributed by atoms with Gasteiger partial charge in [-0.1, -0.05) is 19.1 Å². The van der Waals surface area contributed by atoms with Crippen LogP contribution in [0.1, 0.15) is 35.8 Å². The van der Waals surface area contributed by atoms with E-state index in [4.69, 9.17) is 5.26 Å². The number of rotatable bonds is 5. The molecule has 6 nitrogen and oxygen atoms in total. The molecule has 1 aromatic heterocycles. The molecule has 0 unspecified atom stereocenters. The van der Waals surface area contributed by atoms with Crippen LogP contribution in [0.3, 0.4) is 0 Å². The van der Waals surface area contributed by atoms with E-state index in [1.807, 2.05) is 31.2 Å². The second-order valence-electron chi connectivity index (χ2n) is 6.34. The van der Waals surface area contributed by atoms with Crippen LogP contribution in [-0.2, 0) is 4.79 Å². The van der Waals surface area contributed by atoms with Crippen molar-refractivity contribution in [2.75, 3.05) is 13.1 Å². The number of nitrogens with zero attached hydrogens (tertiary/aromatic N) is 3. The predicted molar refractivity (Wildman–Crippen MR) is 97.1 cm³/mol. The molecule has 0 saturated carbocycles. The highest BCUT2D eigenvalue weighted by molar-refractivity contribution is 5.95. The van der Waals surface area contributed by atoms with Gasteiger partial charge in [0.15, 0.2) is 0 Å². The lowest BCUT2D eigenvalue weighted by Gasteiger charge is -2.16. The molecule has 6 heteroatoms. The molecule has 132 valence electrons. The molecule has 2 aromatic rings. The largest absolute Gasteiger partial charge is 0.347 e. The fourth-order valence-electron chi connectivity index (χ4n) is 3.07. The Bertz CT molecular complexity index is 838. The van der Waals surface area contributed by atoms with Gasteiger partial charge < -0.3 is 10.2 Å². The van der Waals surface area contributed by atoms with Crippen LogP contribution in [-0.4, -0.2) is 40.8 Å². The first-order valence-electron chi connectivity index (χ1n) is 8.66. The monoisotopic (exact) mass is 348 g/mol. The van der Waals surface area contributed by atoms with Gasteiger partial charge in [0.25, 0.3) is 5.91 Å². The Labute approximate surface area is 152 Å². The molecule has 0 radical (unpaired) electrons. The van der Waals surface area contributed by atoms with E-state index in [9.17, 15) is 9.59 Å². The van der Waals surface area contributed by atoms with Crippen LogP contribution in [0.2, 0.25) is 0 Å². The Kier molecular flexibility index (Phi) is 5.28. The minimum Gasteiger partial charge on any atom is -0.347 e. The van der Waals surface area contributed by atoms with Gasteiger partial charge in [-0.05, 0) is 36.2 Å². The summed E-state index contributed by atoms with van der Waals surface area (Å²) in [6.45, 7) is 3.34. The van der Waals surface area contributed by atoms with Crippen LogP contribution in [0, 0.1) is 11.3 Å². The van der Waals surface area contributed by atoms with Crippen LogP contribution in [0.4, 0.5) is 0 Å². The number of hydrogen-bond acceptors (Lipinski definition) is 4. The number of nitriles is 1. The number of hydrogen-bond donors (Lipinski definition) is 1. The van der Waals surface area contributed by atoms with Gasteiger partial charge in [-0.3, -0.25) is 9.59 Å². The summed E-state index contributed by atoms with van der Waals surface area (Å²) in [6, 6.07) is 12.5. The molecule has 0 aliphatic carbocycles. The van der Waals surface area contributed by atoms with E-state index in [0.29, 0.717) is 24.2 Å². The third-order valence-electron chi connectivity index (χ3n) is 4.40. The lowest BCUT2D eigenvalue weighted by Crippen LogP contribution is -2.37. The van der Waals surface area contributed by atoms with Crippen molar-refractivity contribution in [2.24, 2.45) is 0 Å². The van der Waals surface area contributed by atoms with Crippen LogP contribution >= 0.6 is 0 Å². The van der Waals surface area contributed by atoms with E-state index in [2.05, 4.69) is 10.3 Å². The summed E-state index contributed by atoms with van der Waals surface area (Å²) in [5.41, 5.74) is 2.72. The zero-order valence-electron chi connectivity index (χ0n) is 14.6. The molecule has 1 N–H and O–H groups in total. The summed E-state index contributed by atoms with van der Waals surface area (Å²) in [6.07, 6.45) is 2.92. The van der Waals surface area contributed by atoms with Gasteiger partial charge in [0, 0.05) is 36.8 Å². The Morgan fingerprint density at radius 2 is 2.00 bits per heavy atom. The molecule has 2 amide bonds. The molecule has 1 aliphatic rings. The number of likely N-dealkylation sites (tertiary alicyclic amines) is 1. The number of pyridine rings is 1. The molecule has 1 saturated heterocycles. The molecule has 1 aliphatic heterocycles. The summed E-state index contributed by atoms with van der Waals surface area (Å²) in [5.74, 6) is -0.0773. The first kappa shape index (κ1) is 17.6. The van der Waals surface area contributed by atoms with Gasteiger partial charge in [0.2, 0.25) is 5.91 Å². The number of nitrogens with one attached hydrogen (secondary N) is 1. The lowest BCUT2D eigenvalue weighted by molar-refractivity contribution is -0.127. The topological polar surface area (TPSA) is 86.1 Å². The molecular formula is C20H20N4O2. The Morgan fingerprint density at radius 3 is 2.62 bits per heavy atom. The number of amides is 2. The zero-order valence-corrected chi connectivity index (χ0v) is 14.6. The molecule has 1 atom stereocenters. The highest BCUT2D eigenvalue weighted by atomic mass is 16.2. The van der Waals surface area contributed by atoms with Crippen molar-refractivity contribution >= 4 is 11.8 Å². The standard InChI is InChI=1S/C20H20N4O2/c1-2-9-24-13-18(10-19(24)25)23-20(26)15-5-3-14(4-6-15)16-7-8-17(11-21)22-12-16/h3-8,12,18H,2,9-10,13H2,1H3,(H,23,26)/t18-/m0/s1. The fraction of sp³-hybridized carbons (Fsp3) is 0.300. The van der Waals surface area contributed by atoms with Crippen LogP contribution in [0.15, 0.2) is 42.6 Å². The van der Waals surface area contributed by atoms with Gasteiger partial charge in [0.05, 0.1) is 6.04 Å². The smallest absolute Gasteiger partial charge is 0.251 e. The maximum absolute atomic E-state index is 12.4. The average molecular weight is 348 g/mol. The third-order valence-corrected chi connectivity index (χ3v) is 4.40. The van der Waals surface area contributed by atoms with E-state index in [0.717, 1.165) is 24.1 Å². The second-order valence-corrected chi connectivity index (χ2v) is 6.34. The summed E-state index contributed by atoms with van der Waals surface area (Å²) in [7, 11) is 0. The molecule has 1 aromatic carbocycles. The first-order chi connectivity index (χ1) is 12.6. The van der Waals surface area contributed by atoms with Crippen molar-refractivity contribution < 1.29 is 9.59 Å². The van der Waals surface area contributed by atoms with Crippen molar-refractivity contribution in [3.05, 3.63) is 53.9 Å². The molecule has 2 heterocycles. The molecule has 0 bridgehead atoms. The van der Waals surface area contributed by atoms with Gasteiger partial charge >= 0.3 is 0 Å². The fourth-order valence-corrected chi connectivity index (χ4v) is 3.07. The van der Waals surface area contributed by atoms with Crippen molar-refractivity contribution in [1.82, 2.24) is 15.2 Å². The van der Waals surface area contributed by atoms with E-state index in [1.165, 1.54) is 0 Å². The normalized spacial score (nSPS) is 16.4. The van der Waals surface area contributed by atoms with Crippen LogP contribution in [0.25, 0.3) is 11.1 Å². The predicted octanol–water partition coefficient (Wildman–Crippen LogP) is 2.36. The van der Waals surface area contributed by atoms with Gasteiger partial charge in [-0.2, -0.15) is 5.26 Å². The van der Waals surface area contributed by atoms with Crippen molar-refractivity contribution in [2.45, 2.75) is 25.8 Å². The third kappa shape index (κ3) is 3.89. The van der Waals surface area contributed by atoms with Crippen molar-refractivity contribution in [3.63, 3.8) is 0 Å². The minimum absolute atomic E-state index is 0.0980. The molecule has 3 rings (SSSR count). The summed E-state index contributed by atoms with van der Waals surface area (Å²) < 4.78 is 0. The second kappa shape index (κ2) is 7.79. The number of aromatic nitrogens is 1.